The topological polar surface area (TPSA) is 38.9 Å². The molecule has 106 valence electrons. The molecule has 7 heteroatoms. The van der Waals surface area contributed by atoms with Gasteiger partial charge in [-0.15, -0.1) is 0 Å². The molecule has 3 rings (SSSR count). The third-order valence-corrected chi connectivity index (χ3v) is 4.25. The van der Waals surface area contributed by atoms with E-state index in [0.29, 0.717) is 21.8 Å². The van der Waals surface area contributed by atoms with Gasteiger partial charge in [-0.2, -0.15) is 0 Å². The molecular formula is C14H6Br2Cl2N2O. The molecule has 21 heavy (non-hydrogen) atoms. The van der Waals surface area contributed by atoms with Gasteiger partial charge < -0.3 is 4.42 Å². The highest BCUT2D eigenvalue weighted by atomic mass is 79.9. The summed E-state index contributed by atoms with van der Waals surface area (Å²) in [5, 5.41) is 0.555. The van der Waals surface area contributed by atoms with Crippen LogP contribution < -0.4 is 0 Å². The minimum atomic E-state index is 0.278. The smallest absolute Gasteiger partial charge is 0.198 e. The molecule has 0 fully saturated rings. The Morgan fingerprint density at radius 1 is 0.857 bits per heavy atom. The molecule has 0 unspecified atom stereocenters. The van der Waals surface area contributed by atoms with E-state index in [4.69, 9.17) is 27.6 Å². The molecule has 0 aliphatic carbocycles. The van der Waals surface area contributed by atoms with Crippen LogP contribution >= 0.6 is 55.1 Å². The van der Waals surface area contributed by atoms with Gasteiger partial charge in [0.2, 0.25) is 0 Å². The molecule has 2 aromatic heterocycles. The van der Waals surface area contributed by atoms with E-state index < -0.39 is 0 Å². The fraction of sp³-hybridized carbons (Fsp3) is 0. The van der Waals surface area contributed by atoms with Crippen molar-refractivity contribution in [1.82, 2.24) is 9.97 Å². The normalized spacial score (nSPS) is 10.9. The maximum atomic E-state index is 6.27. The van der Waals surface area contributed by atoms with Crippen LogP contribution in [-0.2, 0) is 0 Å². The molecule has 0 spiro atoms. The largest absolute Gasteiger partial charge is 0.446 e. The Bertz CT molecular complexity index is 780. The van der Waals surface area contributed by atoms with Gasteiger partial charge in [0, 0.05) is 4.47 Å². The van der Waals surface area contributed by atoms with E-state index in [9.17, 15) is 0 Å². The Hall–Kier alpha value is -0.880. The summed E-state index contributed by atoms with van der Waals surface area (Å²) in [5.74, 6) is 0.838. The fourth-order valence-corrected chi connectivity index (χ4v) is 2.98. The maximum absolute atomic E-state index is 6.27. The molecule has 0 N–H and O–H groups in total. The number of furan rings is 1. The Balaban J connectivity index is 2.10. The minimum absolute atomic E-state index is 0.278. The van der Waals surface area contributed by atoms with Gasteiger partial charge in [-0.1, -0.05) is 51.3 Å². The third kappa shape index (κ3) is 3.16. The Morgan fingerprint density at radius 2 is 1.48 bits per heavy atom. The van der Waals surface area contributed by atoms with E-state index in [0.717, 1.165) is 10.0 Å². The Labute approximate surface area is 147 Å². The Kier molecular flexibility index (Phi) is 4.36. The molecular weight excluding hydrogens is 443 g/mol. The average molecular weight is 449 g/mol. The summed E-state index contributed by atoms with van der Waals surface area (Å²) in [6.07, 6.45) is 0. The third-order valence-electron chi connectivity index (χ3n) is 2.75. The van der Waals surface area contributed by atoms with Crippen LogP contribution in [0.3, 0.4) is 0 Å². The lowest BCUT2D eigenvalue weighted by Gasteiger charge is -2.07. The van der Waals surface area contributed by atoms with E-state index in [-0.39, 0.29) is 10.3 Å². The Morgan fingerprint density at radius 3 is 2.00 bits per heavy atom. The average Bonchev–Trinajstić information content (AvgIpc) is 2.87. The fourth-order valence-electron chi connectivity index (χ4n) is 1.81. The van der Waals surface area contributed by atoms with Crippen molar-refractivity contribution in [2.24, 2.45) is 0 Å². The van der Waals surface area contributed by atoms with Crippen molar-refractivity contribution in [1.29, 1.82) is 0 Å². The first-order chi connectivity index (χ1) is 10.0. The predicted molar refractivity (Wildman–Crippen MR) is 90.6 cm³/mol. The van der Waals surface area contributed by atoms with Gasteiger partial charge in [-0.3, -0.25) is 0 Å². The first-order valence-electron chi connectivity index (χ1n) is 5.79. The number of nitrogens with zero attached hydrogens (tertiary/aromatic N) is 2. The summed E-state index contributed by atoms with van der Waals surface area (Å²) in [5.41, 5.74) is 1.44. The van der Waals surface area contributed by atoms with Crippen molar-refractivity contribution < 1.29 is 4.42 Å². The van der Waals surface area contributed by atoms with Gasteiger partial charge >= 0.3 is 0 Å². The highest BCUT2D eigenvalue weighted by Crippen LogP contribution is 2.35. The highest BCUT2D eigenvalue weighted by Gasteiger charge is 2.16. The standard InChI is InChI=1S/C14H6Br2Cl2N2O/c15-8-3-1-7(2-4-8)11-12(17)19-14(20-13(11)18)9-5-6-10(16)21-9/h1-6H. The summed E-state index contributed by atoms with van der Waals surface area (Å²) in [6, 6.07) is 11.1. The zero-order valence-corrected chi connectivity index (χ0v) is 15.0. The van der Waals surface area contributed by atoms with Gasteiger partial charge in [0.25, 0.3) is 0 Å². The number of rotatable bonds is 2. The van der Waals surface area contributed by atoms with Crippen LogP contribution in [0.2, 0.25) is 10.3 Å². The molecule has 2 heterocycles. The monoisotopic (exact) mass is 446 g/mol. The number of aromatic nitrogens is 2. The number of hydrogen-bond donors (Lipinski definition) is 0. The highest BCUT2D eigenvalue weighted by molar-refractivity contribution is 9.10. The molecule has 0 bridgehead atoms. The summed E-state index contributed by atoms with van der Waals surface area (Å²) in [7, 11) is 0. The van der Waals surface area contributed by atoms with Crippen LogP contribution in [-0.4, -0.2) is 9.97 Å². The molecule has 1 aromatic carbocycles. The second kappa shape index (κ2) is 6.08. The summed E-state index contributed by atoms with van der Waals surface area (Å²) in [6.45, 7) is 0. The molecule has 3 aromatic rings. The summed E-state index contributed by atoms with van der Waals surface area (Å²) < 4.78 is 6.97. The lowest BCUT2D eigenvalue weighted by atomic mass is 10.1. The quantitative estimate of drug-likeness (QED) is 0.436. The molecule has 0 saturated heterocycles. The zero-order valence-electron chi connectivity index (χ0n) is 10.3. The van der Waals surface area contributed by atoms with E-state index >= 15 is 0 Å². The molecule has 3 nitrogen and oxygen atoms in total. The van der Waals surface area contributed by atoms with E-state index in [2.05, 4.69) is 41.8 Å². The lowest BCUT2D eigenvalue weighted by Crippen LogP contribution is -1.93. The number of hydrogen-bond acceptors (Lipinski definition) is 3. The second-order valence-electron chi connectivity index (χ2n) is 4.11. The van der Waals surface area contributed by atoms with Gasteiger partial charge in [-0.05, 0) is 45.8 Å². The molecule has 0 aliphatic heterocycles. The zero-order chi connectivity index (χ0) is 15.0. The maximum Gasteiger partial charge on any atom is 0.198 e. The summed E-state index contributed by atoms with van der Waals surface area (Å²) >= 11 is 19.1. The van der Waals surface area contributed by atoms with Crippen molar-refractivity contribution in [2.45, 2.75) is 0 Å². The molecule has 0 amide bonds. The number of halogens is 4. The minimum Gasteiger partial charge on any atom is -0.446 e. The van der Waals surface area contributed by atoms with E-state index in [1.54, 1.807) is 12.1 Å². The van der Waals surface area contributed by atoms with Crippen LogP contribution in [0.4, 0.5) is 0 Å². The van der Waals surface area contributed by atoms with Crippen molar-refractivity contribution in [3.63, 3.8) is 0 Å². The van der Waals surface area contributed by atoms with Crippen molar-refractivity contribution >= 4 is 55.1 Å². The van der Waals surface area contributed by atoms with Crippen LogP contribution in [0.5, 0.6) is 0 Å². The summed E-state index contributed by atoms with van der Waals surface area (Å²) in [4.78, 5) is 8.52. The van der Waals surface area contributed by atoms with Crippen molar-refractivity contribution in [3.05, 3.63) is 55.8 Å². The SMILES string of the molecule is Clc1nc(-c2ccc(Br)o2)nc(Cl)c1-c1ccc(Br)cc1. The van der Waals surface area contributed by atoms with Crippen LogP contribution in [0.15, 0.2) is 50.0 Å². The van der Waals surface area contributed by atoms with Crippen LogP contribution in [0.25, 0.3) is 22.7 Å². The number of benzene rings is 1. The first kappa shape index (κ1) is 15.0. The van der Waals surface area contributed by atoms with Crippen molar-refractivity contribution in [2.75, 3.05) is 0 Å². The van der Waals surface area contributed by atoms with Crippen molar-refractivity contribution in [3.8, 4) is 22.7 Å². The predicted octanol–water partition coefficient (Wildman–Crippen LogP) is 6.24. The second-order valence-corrected chi connectivity index (χ2v) is 6.53. The lowest BCUT2D eigenvalue weighted by molar-refractivity contribution is 0.551. The van der Waals surface area contributed by atoms with Gasteiger partial charge in [0.15, 0.2) is 16.3 Å². The van der Waals surface area contributed by atoms with Gasteiger partial charge in [-0.25, -0.2) is 9.97 Å². The van der Waals surface area contributed by atoms with Crippen LogP contribution in [0.1, 0.15) is 0 Å². The van der Waals surface area contributed by atoms with Gasteiger partial charge in [0.1, 0.15) is 10.3 Å². The molecule has 0 aliphatic rings. The van der Waals surface area contributed by atoms with E-state index in [1.165, 1.54) is 0 Å². The van der Waals surface area contributed by atoms with E-state index in [1.807, 2.05) is 24.3 Å². The molecule has 0 radical (unpaired) electrons. The van der Waals surface area contributed by atoms with Crippen LogP contribution in [0, 0.1) is 0 Å². The molecule has 0 atom stereocenters. The molecule has 0 saturated carbocycles. The first-order valence-corrected chi connectivity index (χ1v) is 8.13. The van der Waals surface area contributed by atoms with Gasteiger partial charge in [0.05, 0.1) is 5.56 Å².